The molecule has 0 unspecified atom stereocenters. The van der Waals surface area contributed by atoms with E-state index < -0.39 is 12.0 Å². The molecular weight excluding hydrogens is 222 g/mol. The number of hydrogen-bond donors (Lipinski definition) is 2. The van der Waals surface area contributed by atoms with Gasteiger partial charge in [-0.2, -0.15) is 0 Å². The first kappa shape index (κ1) is 15.7. The summed E-state index contributed by atoms with van der Waals surface area (Å²) < 4.78 is 0. The summed E-state index contributed by atoms with van der Waals surface area (Å²) in [7, 11) is 5.61. The molecule has 6 heteroatoms. The average Bonchev–Trinajstić information content (AvgIpc) is 2.24. The monoisotopic (exact) mass is 245 g/mol. The molecule has 0 bridgehead atoms. The standard InChI is InChI=1S/C11H23N3O3/c1-5-9(10(15)16)12-11(17)14(4)8-6-7-13(2)3/h9H,5-8H2,1-4H3,(H,12,17)(H,15,16)/t9-/m1/s1. The van der Waals surface area contributed by atoms with E-state index in [9.17, 15) is 9.59 Å². The number of amides is 2. The highest BCUT2D eigenvalue weighted by molar-refractivity contribution is 5.82. The van der Waals surface area contributed by atoms with Crippen LogP contribution in [0.5, 0.6) is 0 Å². The first-order chi connectivity index (χ1) is 7.88. The van der Waals surface area contributed by atoms with Crippen LogP contribution in [0.2, 0.25) is 0 Å². The molecule has 2 amide bonds. The lowest BCUT2D eigenvalue weighted by atomic mass is 10.2. The zero-order chi connectivity index (χ0) is 13.4. The summed E-state index contributed by atoms with van der Waals surface area (Å²) in [5.41, 5.74) is 0. The van der Waals surface area contributed by atoms with E-state index in [0.717, 1.165) is 13.0 Å². The molecule has 0 aliphatic carbocycles. The van der Waals surface area contributed by atoms with Gasteiger partial charge in [-0.25, -0.2) is 9.59 Å². The van der Waals surface area contributed by atoms with Crippen molar-refractivity contribution in [2.75, 3.05) is 34.2 Å². The normalized spacial score (nSPS) is 12.3. The molecule has 0 radical (unpaired) electrons. The molecule has 0 aromatic rings. The van der Waals surface area contributed by atoms with Crippen LogP contribution in [0.15, 0.2) is 0 Å². The molecule has 0 aromatic carbocycles. The molecule has 0 saturated carbocycles. The fourth-order valence-corrected chi connectivity index (χ4v) is 1.32. The molecule has 0 aliphatic heterocycles. The second-order valence-electron chi connectivity index (χ2n) is 4.33. The van der Waals surface area contributed by atoms with E-state index in [1.54, 1.807) is 14.0 Å². The maximum absolute atomic E-state index is 11.6. The zero-order valence-corrected chi connectivity index (χ0v) is 11.1. The van der Waals surface area contributed by atoms with Gasteiger partial charge in [0.2, 0.25) is 0 Å². The van der Waals surface area contributed by atoms with Crippen LogP contribution in [0.1, 0.15) is 19.8 Å². The summed E-state index contributed by atoms with van der Waals surface area (Å²) in [6.07, 6.45) is 1.24. The Morgan fingerprint density at radius 3 is 2.24 bits per heavy atom. The maximum Gasteiger partial charge on any atom is 0.326 e. The summed E-state index contributed by atoms with van der Waals surface area (Å²) in [6.45, 7) is 3.24. The Hall–Kier alpha value is -1.30. The third-order valence-electron chi connectivity index (χ3n) is 2.45. The van der Waals surface area contributed by atoms with Crippen molar-refractivity contribution < 1.29 is 14.7 Å². The van der Waals surface area contributed by atoms with Gasteiger partial charge in [-0.15, -0.1) is 0 Å². The molecule has 100 valence electrons. The molecule has 0 aliphatic rings. The Balaban J connectivity index is 4.00. The summed E-state index contributed by atoms with van der Waals surface area (Å²) in [4.78, 5) is 25.9. The zero-order valence-electron chi connectivity index (χ0n) is 11.1. The Morgan fingerprint density at radius 1 is 1.24 bits per heavy atom. The summed E-state index contributed by atoms with van der Waals surface area (Å²) in [5, 5.41) is 11.3. The van der Waals surface area contributed by atoms with E-state index in [-0.39, 0.29) is 6.03 Å². The second-order valence-corrected chi connectivity index (χ2v) is 4.33. The number of nitrogens with one attached hydrogen (secondary N) is 1. The van der Waals surface area contributed by atoms with Gasteiger partial charge in [-0.05, 0) is 33.5 Å². The van der Waals surface area contributed by atoms with Gasteiger partial charge in [0.1, 0.15) is 6.04 Å². The van der Waals surface area contributed by atoms with E-state index >= 15 is 0 Å². The predicted octanol–water partition coefficient (Wildman–Crippen LogP) is 0.443. The lowest BCUT2D eigenvalue weighted by Gasteiger charge is -2.21. The molecule has 0 rings (SSSR count). The first-order valence-corrected chi connectivity index (χ1v) is 5.77. The molecular formula is C11H23N3O3. The van der Waals surface area contributed by atoms with Crippen molar-refractivity contribution in [2.45, 2.75) is 25.8 Å². The van der Waals surface area contributed by atoms with Gasteiger partial charge >= 0.3 is 12.0 Å². The Morgan fingerprint density at radius 2 is 1.82 bits per heavy atom. The van der Waals surface area contributed by atoms with Crippen molar-refractivity contribution in [3.05, 3.63) is 0 Å². The second kappa shape index (κ2) is 7.89. The highest BCUT2D eigenvalue weighted by atomic mass is 16.4. The number of rotatable bonds is 7. The van der Waals surface area contributed by atoms with Crippen LogP contribution >= 0.6 is 0 Å². The SMILES string of the molecule is CC[C@@H](NC(=O)N(C)CCCN(C)C)C(=O)O. The lowest BCUT2D eigenvalue weighted by Crippen LogP contribution is -2.46. The number of carbonyl (C=O) groups is 2. The summed E-state index contributed by atoms with van der Waals surface area (Å²) in [6, 6.07) is -1.14. The number of aliphatic carboxylic acids is 1. The minimum absolute atomic E-state index is 0.335. The van der Waals surface area contributed by atoms with Crippen LogP contribution in [-0.2, 0) is 4.79 Å². The van der Waals surface area contributed by atoms with Crippen LogP contribution in [0.25, 0.3) is 0 Å². The highest BCUT2D eigenvalue weighted by Gasteiger charge is 2.19. The van der Waals surface area contributed by atoms with Gasteiger partial charge in [0.25, 0.3) is 0 Å². The molecule has 6 nitrogen and oxygen atoms in total. The number of carboxylic acid groups (broad SMARTS) is 1. The average molecular weight is 245 g/mol. The molecule has 0 fully saturated rings. The first-order valence-electron chi connectivity index (χ1n) is 5.77. The maximum atomic E-state index is 11.6. The van der Waals surface area contributed by atoms with Crippen LogP contribution in [0.4, 0.5) is 4.79 Å². The molecule has 0 saturated heterocycles. The number of carboxylic acids is 1. The summed E-state index contributed by atoms with van der Waals surface area (Å²) >= 11 is 0. The third-order valence-corrected chi connectivity index (χ3v) is 2.45. The highest BCUT2D eigenvalue weighted by Crippen LogP contribution is 1.95. The number of urea groups is 1. The van der Waals surface area contributed by atoms with E-state index in [1.807, 2.05) is 19.0 Å². The minimum Gasteiger partial charge on any atom is -0.480 e. The topological polar surface area (TPSA) is 72.9 Å². The van der Waals surface area contributed by atoms with Crippen LogP contribution < -0.4 is 5.32 Å². The van der Waals surface area contributed by atoms with Crippen molar-refractivity contribution in [1.29, 1.82) is 0 Å². The van der Waals surface area contributed by atoms with Gasteiger partial charge in [-0.3, -0.25) is 0 Å². The third kappa shape index (κ3) is 6.78. The van der Waals surface area contributed by atoms with Crippen molar-refractivity contribution >= 4 is 12.0 Å². The van der Waals surface area contributed by atoms with Crippen LogP contribution in [-0.4, -0.2) is 67.2 Å². The van der Waals surface area contributed by atoms with Gasteiger partial charge in [0.15, 0.2) is 0 Å². The van der Waals surface area contributed by atoms with Crippen molar-refractivity contribution in [3.8, 4) is 0 Å². The van der Waals surface area contributed by atoms with Gasteiger partial charge in [-0.1, -0.05) is 6.92 Å². The number of hydrogen-bond acceptors (Lipinski definition) is 3. The van der Waals surface area contributed by atoms with E-state index in [4.69, 9.17) is 5.11 Å². The Labute approximate surface area is 103 Å². The Kier molecular flexibility index (Phi) is 7.29. The smallest absolute Gasteiger partial charge is 0.326 e. The Bertz CT molecular complexity index is 256. The lowest BCUT2D eigenvalue weighted by molar-refractivity contribution is -0.139. The number of carbonyl (C=O) groups excluding carboxylic acids is 1. The summed E-state index contributed by atoms with van der Waals surface area (Å²) in [5.74, 6) is -0.998. The van der Waals surface area contributed by atoms with E-state index in [2.05, 4.69) is 5.32 Å². The largest absolute Gasteiger partial charge is 0.480 e. The molecule has 0 aromatic heterocycles. The fraction of sp³-hybridized carbons (Fsp3) is 0.818. The molecule has 17 heavy (non-hydrogen) atoms. The number of nitrogens with zero attached hydrogens (tertiary/aromatic N) is 2. The molecule has 0 heterocycles. The van der Waals surface area contributed by atoms with Gasteiger partial charge in [0.05, 0.1) is 0 Å². The predicted molar refractivity (Wildman–Crippen MR) is 66.0 cm³/mol. The van der Waals surface area contributed by atoms with Crippen molar-refractivity contribution in [1.82, 2.24) is 15.1 Å². The van der Waals surface area contributed by atoms with Crippen molar-refractivity contribution in [3.63, 3.8) is 0 Å². The van der Waals surface area contributed by atoms with Crippen LogP contribution in [0, 0.1) is 0 Å². The quantitative estimate of drug-likeness (QED) is 0.683. The van der Waals surface area contributed by atoms with Crippen LogP contribution in [0.3, 0.4) is 0 Å². The fourth-order valence-electron chi connectivity index (χ4n) is 1.32. The minimum atomic E-state index is -0.998. The molecule has 2 N–H and O–H groups in total. The van der Waals surface area contributed by atoms with E-state index in [1.165, 1.54) is 4.90 Å². The van der Waals surface area contributed by atoms with Gasteiger partial charge in [0, 0.05) is 13.6 Å². The van der Waals surface area contributed by atoms with Gasteiger partial charge < -0.3 is 20.2 Å². The van der Waals surface area contributed by atoms with E-state index in [0.29, 0.717) is 13.0 Å². The van der Waals surface area contributed by atoms with Crippen molar-refractivity contribution in [2.24, 2.45) is 0 Å². The molecule has 0 spiro atoms. The molecule has 1 atom stereocenters.